The fourth-order valence-corrected chi connectivity index (χ4v) is 1.68. The Labute approximate surface area is 101 Å². The van der Waals surface area contributed by atoms with E-state index in [9.17, 15) is 0 Å². The van der Waals surface area contributed by atoms with Crippen molar-refractivity contribution in [3.05, 3.63) is 54.0 Å². The van der Waals surface area contributed by atoms with Crippen LogP contribution in [0.3, 0.4) is 0 Å². The van der Waals surface area contributed by atoms with Crippen molar-refractivity contribution in [1.82, 2.24) is 0 Å². The van der Waals surface area contributed by atoms with Crippen LogP contribution < -0.4 is 10.5 Å². The van der Waals surface area contributed by atoms with Crippen LogP contribution in [0.4, 0.5) is 0 Å². The molecule has 1 atom stereocenters. The van der Waals surface area contributed by atoms with Gasteiger partial charge in [-0.2, -0.15) is 0 Å². The molecule has 3 heteroatoms. The average Bonchev–Trinajstić information content (AvgIpc) is 2.89. The largest absolute Gasteiger partial charge is 0.485 e. The molecule has 0 saturated carbocycles. The zero-order valence-corrected chi connectivity index (χ0v) is 9.93. The zero-order chi connectivity index (χ0) is 12.1. The third-order valence-electron chi connectivity index (χ3n) is 2.71. The average molecular weight is 231 g/mol. The molecule has 2 rings (SSSR count). The molecule has 1 unspecified atom stereocenters. The van der Waals surface area contributed by atoms with E-state index >= 15 is 0 Å². The highest BCUT2D eigenvalue weighted by molar-refractivity contribution is 5.35. The van der Waals surface area contributed by atoms with Crippen LogP contribution in [0.5, 0.6) is 5.75 Å². The number of ether oxygens (including phenoxy) is 1. The van der Waals surface area contributed by atoms with Crippen LogP contribution in [0.25, 0.3) is 0 Å². The van der Waals surface area contributed by atoms with E-state index in [-0.39, 0.29) is 6.04 Å². The summed E-state index contributed by atoms with van der Waals surface area (Å²) >= 11 is 0. The second-order valence-corrected chi connectivity index (χ2v) is 3.92. The lowest BCUT2D eigenvalue weighted by atomic mass is 10.0. The molecular weight excluding hydrogens is 214 g/mol. The van der Waals surface area contributed by atoms with Crippen LogP contribution >= 0.6 is 0 Å². The van der Waals surface area contributed by atoms with Crippen LogP contribution in [0.1, 0.15) is 30.7 Å². The lowest BCUT2D eigenvalue weighted by Crippen LogP contribution is -2.10. The fourth-order valence-electron chi connectivity index (χ4n) is 1.68. The molecule has 0 amide bonds. The summed E-state index contributed by atoms with van der Waals surface area (Å²) in [5, 5.41) is 0. The number of para-hydroxylation sites is 1. The summed E-state index contributed by atoms with van der Waals surface area (Å²) in [5.41, 5.74) is 7.08. The molecule has 2 aromatic rings. The third-order valence-corrected chi connectivity index (χ3v) is 2.71. The van der Waals surface area contributed by atoms with E-state index in [0.29, 0.717) is 6.61 Å². The molecular formula is C14H17NO2. The highest BCUT2D eigenvalue weighted by atomic mass is 16.5. The molecule has 1 aromatic carbocycles. The molecule has 1 heterocycles. The Morgan fingerprint density at radius 2 is 2.06 bits per heavy atom. The van der Waals surface area contributed by atoms with Gasteiger partial charge < -0.3 is 14.9 Å². The number of benzene rings is 1. The molecule has 90 valence electrons. The molecule has 0 aliphatic heterocycles. The zero-order valence-electron chi connectivity index (χ0n) is 9.93. The molecule has 3 nitrogen and oxygen atoms in total. The van der Waals surface area contributed by atoms with Gasteiger partial charge in [0.25, 0.3) is 0 Å². The van der Waals surface area contributed by atoms with E-state index in [4.69, 9.17) is 14.9 Å². The Bertz CT molecular complexity index is 451. The van der Waals surface area contributed by atoms with Gasteiger partial charge >= 0.3 is 0 Å². The van der Waals surface area contributed by atoms with Crippen molar-refractivity contribution in [2.45, 2.75) is 26.0 Å². The first kappa shape index (κ1) is 11.7. The number of furan rings is 1. The summed E-state index contributed by atoms with van der Waals surface area (Å²) in [6.45, 7) is 2.49. The van der Waals surface area contributed by atoms with Gasteiger partial charge in [-0.1, -0.05) is 25.1 Å². The predicted molar refractivity (Wildman–Crippen MR) is 66.7 cm³/mol. The maximum atomic E-state index is 6.04. The van der Waals surface area contributed by atoms with Gasteiger partial charge in [0, 0.05) is 11.6 Å². The smallest absolute Gasteiger partial charge is 0.146 e. The summed E-state index contributed by atoms with van der Waals surface area (Å²) in [5.74, 6) is 1.64. The van der Waals surface area contributed by atoms with Gasteiger partial charge in [0.05, 0.1) is 6.26 Å². The van der Waals surface area contributed by atoms with Crippen molar-refractivity contribution in [3.63, 3.8) is 0 Å². The minimum Gasteiger partial charge on any atom is -0.485 e. The van der Waals surface area contributed by atoms with Gasteiger partial charge in [-0.05, 0) is 24.6 Å². The fraction of sp³-hybridized carbons (Fsp3) is 0.286. The van der Waals surface area contributed by atoms with Gasteiger partial charge in [0.2, 0.25) is 0 Å². The molecule has 0 spiro atoms. The Balaban J connectivity index is 2.09. The Morgan fingerprint density at radius 3 is 2.76 bits per heavy atom. The number of rotatable bonds is 5. The monoisotopic (exact) mass is 231 g/mol. The van der Waals surface area contributed by atoms with Crippen LogP contribution in [0, 0.1) is 0 Å². The number of nitrogens with two attached hydrogens (primary N) is 1. The first-order valence-electron chi connectivity index (χ1n) is 5.81. The first-order valence-corrected chi connectivity index (χ1v) is 5.81. The van der Waals surface area contributed by atoms with Crippen molar-refractivity contribution < 1.29 is 9.15 Å². The molecule has 0 fully saturated rings. The summed E-state index contributed by atoms with van der Waals surface area (Å²) in [7, 11) is 0. The normalized spacial score (nSPS) is 12.4. The quantitative estimate of drug-likeness (QED) is 0.859. The second kappa shape index (κ2) is 5.55. The lowest BCUT2D eigenvalue weighted by Gasteiger charge is -2.14. The minimum absolute atomic E-state index is 0.0165. The first-order chi connectivity index (χ1) is 8.31. The van der Waals surface area contributed by atoms with E-state index in [1.807, 2.05) is 36.4 Å². The van der Waals surface area contributed by atoms with Crippen molar-refractivity contribution in [3.8, 4) is 5.75 Å². The van der Waals surface area contributed by atoms with Crippen molar-refractivity contribution in [2.24, 2.45) is 5.73 Å². The van der Waals surface area contributed by atoms with Crippen LogP contribution in [-0.4, -0.2) is 0 Å². The van der Waals surface area contributed by atoms with Gasteiger partial charge in [-0.3, -0.25) is 0 Å². The van der Waals surface area contributed by atoms with Crippen LogP contribution in [-0.2, 0) is 6.61 Å². The van der Waals surface area contributed by atoms with Gasteiger partial charge in [-0.25, -0.2) is 0 Å². The maximum absolute atomic E-state index is 6.04. The summed E-state index contributed by atoms with van der Waals surface area (Å²) < 4.78 is 11.0. The van der Waals surface area contributed by atoms with E-state index < -0.39 is 0 Å². The topological polar surface area (TPSA) is 48.4 Å². The van der Waals surface area contributed by atoms with E-state index in [2.05, 4.69) is 6.92 Å². The number of hydrogen-bond donors (Lipinski definition) is 1. The molecule has 0 bridgehead atoms. The lowest BCUT2D eigenvalue weighted by molar-refractivity contribution is 0.266. The molecule has 0 radical (unpaired) electrons. The molecule has 0 aliphatic rings. The Kier molecular flexibility index (Phi) is 3.83. The third kappa shape index (κ3) is 2.88. The minimum atomic E-state index is 0.0165. The van der Waals surface area contributed by atoms with Crippen molar-refractivity contribution in [1.29, 1.82) is 0 Å². The van der Waals surface area contributed by atoms with E-state index in [1.165, 1.54) is 0 Å². The SMILES string of the molecule is CCC(N)c1ccccc1OCc1ccco1. The van der Waals surface area contributed by atoms with Crippen molar-refractivity contribution in [2.75, 3.05) is 0 Å². The maximum Gasteiger partial charge on any atom is 0.146 e. The van der Waals surface area contributed by atoms with Crippen LogP contribution in [0.15, 0.2) is 47.1 Å². The standard InChI is InChI=1S/C14H17NO2/c1-2-13(15)12-7-3-4-8-14(12)17-10-11-6-5-9-16-11/h3-9,13H,2,10,15H2,1H3. The summed E-state index contributed by atoms with van der Waals surface area (Å²) in [4.78, 5) is 0. The van der Waals surface area contributed by atoms with Crippen molar-refractivity contribution >= 4 is 0 Å². The molecule has 1 aromatic heterocycles. The van der Waals surface area contributed by atoms with Gasteiger partial charge in [0.1, 0.15) is 18.1 Å². The Hall–Kier alpha value is -1.74. The highest BCUT2D eigenvalue weighted by Gasteiger charge is 2.10. The predicted octanol–water partition coefficient (Wildman–Crippen LogP) is 3.27. The van der Waals surface area contributed by atoms with Gasteiger partial charge in [0.15, 0.2) is 0 Å². The summed E-state index contributed by atoms with van der Waals surface area (Å²) in [6, 6.07) is 11.6. The summed E-state index contributed by atoms with van der Waals surface area (Å²) in [6.07, 6.45) is 2.53. The molecule has 2 N–H and O–H groups in total. The van der Waals surface area contributed by atoms with E-state index in [1.54, 1.807) is 6.26 Å². The Morgan fingerprint density at radius 1 is 1.24 bits per heavy atom. The second-order valence-electron chi connectivity index (χ2n) is 3.92. The van der Waals surface area contributed by atoms with Crippen LogP contribution in [0.2, 0.25) is 0 Å². The number of hydrogen-bond acceptors (Lipinski definition) is 3. The molecule has 0 saturated heterocycles. The highest BCUT2D eigenvalue weighted by Crippen LogP contribution is 2.26. The van der Waals surface area contributed by atoms with Gasteiger partial charge in [-0.15, -0.1) is 0 Å². The molecule has 17 heavy (non-hydrogen) atoms. The van der Waals surface area contributed by atoms with E-state index in [0.717, 1.165) is 23.5 Å². The molecule has 0 aliphatic carbocycles.